The van der Waals surface area contributed by atoms with Crippen LogP contribution in [-0.2, 0) is 0 Å². The van der Waals surface area contributed by atoms with E-state index in [1.54, 1.807) is 0 Å². The Morgan fingerprint density at radius 3 is 2.08 bits per heavy atom. The van der Waals surface area contributed by atoms with Crippen LogP contribution in [0.25, 0.3) is 0 Å². The molecule has 0 radical (unpaired) electrons. The van der Waals surface area contributed by atoms with Crippen LogP contribution in [0, 0.1) is 5.92 Å². The van der Waals surface area contributed by atoms with Crippen molar-refractivity contribution in [1.82, 2.24) is 4.90 Å². The number of nitrogens with two attached hydrogens (primary N) is 1. The van der Waals surface area contributed by atoms with Crippen molar-refractivity contribution in [3.8, 4) is 0 Å². The molecule has 0 bridgehead atoms. The maximum absolute atomic E-state index is 5.49. The lowest BCUT2D eigenvalue weighted by molar-refractivity contribution is 0.150. The summed E-state index contributed by atoms with van der Waals surface area (Å²) in [5.74, 6) is 0.727. The summed E-state index contributed by atoms with van der Waals surface area (Å²) in [5, 5.41) is 0. The van der Waals surface area contributed by atoms with Crippen LogP contribution in [0.15, 0.2) is 0 Å². The quantitative estimate of drug-likeness (QED) is 0.688. The zero-order chi connectivity index (χ0) is 10.4. The van der Waals surface area contributed by atoms with Crippen molar-refractivity contribution >= 4 is 0 Å². The first-order valence-corrected chi connectivity index (χ1v) is 5.42. The largest absolute Gasteiger partial charge is 0.330 e. The minimum Gasteiger partial charge on any atom is -0.330 e. The van der Waals surface area contributed by atoms with Gasteiger partial charge in [0.15, 0.2) is 0 Å². The van der Waals surface area contributed by atoms with E-state index >= 15 is 0 Å². The standard InChI is InChI=1S/C11H26N2/c1-9(2)11(4)13(5)10(3)7-6-8-12/h9-11H,6-8,12H2,1-5H3. The average Bonchev–Trinajstić information content (AvgIpc) is 2.11. The van der Waals surface area contributed by atoms with Gasteiger partial charge >= 0.3 is 0 Å². The van der Waals surface area contributed by atoms with Crippen molar-refractivity contribution < 1.29 is 0 Å². The van der Waals surface area contributed by atoms with Crippen LogP contribution >= 0.6 is 0 Å². The van der Waals surface area contributed by atoms with Gasteiger partial charge in [-0.05, 0) is 46.2 Å². The molecule has 0 aliphatic carbocycles. The fourth-order valence-electron chi connectivity index (χ4n) is 1.49. The molecule has 13 heavy (non-hydrogen) atoms. The van der Waals surface area contributed by atoms with E-state index in [2.05, 4.69) is 39.6 Å². The molecule has 0 spiro atoms. The smallest absolute Gasteiger partial charge is 0.00896 e. The van der Waals surface area contributed by atoms with Crippen molar-refractivity contribution in [2.24, 2.45) is 11.7 Å². The number of nitrogens with zero attached hydrogens (tertiary/aromatic N) is 1. The third-order valence-corrected chi connectivity index (χ3v) is 3.13. The van der Waals surface area contributed by atoms with E-state index in [0.717, 1.165) is 18.9 Å². The van der Waals surface area contributed by atoms with E-state index < -0.39 is 0 Å². The van der Waals surface area contributed by atoms with Crippen LogP contribution in [0.3, 0.4) is 0 Å². The summed E-state index contributed by atoms with van der Waals surface area (Å²) in [6.45, 7) is 9.94. The summed E-state index contributed by atoms with van der Waals surface area (Å²) in [7, 11) is 2.21. The molecule has 0 fully saturated rings. The molecule has 2 N–H and O–H groups in total. The molecule has 0 saturated carbocycles. The van der Waals surface area contributed by atoms with E-state index in [-0.39, 0.29) is 0 Å². The van der Waals surface area contributed by atoms with E-state index in [1.165, 1.54) is 6.42 Å². The fraction of sp³-hybridized carbons (Fsp3) is 1.00. The fourth-order valence-corrected chi connectivity index (χ4v) is 1.49. The lowest BCUT2D eigenvalue weighted by atomic mass is 10.0. The second-order valence-corrected chi connectivity index (χ2v) is 4.43. The highest BCUT2D eigenvalue weighted by atomic mass is 15.1. The normalized spacial score (nSPS) is 16.6. The van der Waals surface area contributed by atoms with Crippen LogP contribution in [0.1, 0.15) is 40.5 Å². The predicted molar refractivity (Wildman–Crippen MR) is 59.8 cm³/mol. The van der Waals surface area contributed by atoms with E-state index in [9.17, 15) is 0 Å². The topological polar surface area (TPSA) is 29.3 Å². The Hall–Kier alpha value is -0.0800. The second kappa shape index (κ2) is 6.39. The first-order valence-electron chi connectivity index (χ1n) is 5.42. The van der Waals surface area contributed by atoms with Crippen LogP contribution < -0.4 is 5.73 Å². The van der Waals surface area contributed by atoms with Crippen molar-refractivity contribution in [2.45, 2.75) is 52.6 Å². The Morgan fingerprint density at radius 2 is 1.69 bits per heavy atom. The van der Waals surface area contributed by atoms with Crippen LogP contribution in [-0.4, -0.2) is 30.6 Å². The molecule has 0 saturated heterocycles. The van der Waals surface area contributed by atoms with Crippen LogP contribution in [0.5, 0.6) is 0 Å². The van der Waals surface area contributed by atoms with Gasteiger partial charge in [0.1, 0.15) is 0 Å². The van der Waals surface area contributed by atoms with Gasteiger partial charge in [0.05, 0.1) is 0 Å². The van der Waals surface area contributed by atoms with Crippen molar-refractivity contribution in [3.63, 3.8) is 0 Å². The SMILES string of the molecule is CC(C)C(C)N(C)C(C)CCCN. The Labute approximate surface area is 83.5 Å². The van der Waals surface area contributed by atoms with E-state index in [0.29, 0.717) is 12.1 Å². The molecule has 0 amide bonds. The summed E-state index contributed by atoms with van der Waals surface area (Å²) in [6.07, 6.45) is 2.35. The number of hydrogen-bond acceptors (Lipinski definition) is 2. The zero-order valence-corrected chi connectivity index (χ0v) is 9.88. The van der Waals surface area contributed by atoms with Gasteiger partial charge in [0.25, 0.3) is 0 Å². The minimum absolute atomic E-state index is 0.654. The second-order valence-electron chi connectivity index (χ2n) is 4.43. The summed E-state index contributed by atoms with van der Waals surface area (Å²) in [6, 6.07) is 1.31. The first kappa shape index (κ1) is 12.9. The Bertz CT molecular complexity index is 123. The highest BCUT2D eigenvalue weighted by Crippen LogP contribution is 2.13. The highest BCUT2D eigenvalue weighted by molar-refractivity contribution is 4.72. The Kier molecular flexibility index (Phi) is 6.35. The molecule has 80 valence electrons. The molecule has 0 heterocycles. The summed E-state index contributed by atoms with van der Waals surface area (Å²) < 4.78 is 0. The molecule has 0 aromatic heterocycles. The average molecular weight is 186 g/mol. The van der Waals surface area contributed by atoms with Gasteiger partial charge in [-0.15, -0.1) is 0 Å². The van der Waals surface area contributed by atoms with Crippen LogP contribution in [0.4, 0.5) is 0 Å². The molecular weight excluding hydrogens is 160 g/mol. The van der Waals surface area contributed by atoms with Crippen molar-refractivity contribution in [1.29, 1.82) is 0 Å². The van der Waals surface area contributed by atoms with E-state index in [4.69, 9.17) is 5.73 Å². The Morgan fingerprint density at radius 1 is 1.15 bits per heavy atom. The number of hydrogen-bond donors (Lipinski definition) is 1. The maximum Gasteiger partial charge on any atom is 0.00896 e. The zero-order valence-electron chi connectivity index (χ0n) is 9.88. The molecule has 2 heteroatoms. The summed E-state index contributed by atoms with van der Waals surface area (Å²) in [4.78, 5) is 2.46. The monoisotopic (exact) mass is 186 g/mol. The lowest BCUT2D eigenvalue weighted by Crippen LogP contribution is -2.39. The first-order chi connectivity index (χ1) is 6.00. The highest BCUT2D eigenvalue weighted by Gasteiger charge is 2.17. The van der Waals surface area contributed by atoms with Crippen LogP contribution in [0.2, 0.25) is 0 Å². The van der Waals surface area contributed by atoms with Crippen molar-refractivity contribution in [3.05, 3.63) is 0 Å². The van der Waals surface area contributed by atoms with Gasteiger partial charge in [0.2, 0.25) is 0 Å². The minimum atomic E-state index is 0.654. The third-order valence-electron chi connectivity index (χ3n) is 3.13. The van der Waals surface area contributed by atoms with Crippen molar-refractivity contribution in [2.75, 3.05) is 13.6 Å². The van der Waals surface area contributed by atoms with Gasteiger partial charge in [-0.25, -0.2) is 0 Å². The molecule has 0 aromatic rings. The molecular formula is C11H26N2. The molecule has 0 aromatic carbocycles. The lowest BCUT2D eigenvalue weighted by Gasteiger charge is -2.33. The van der Waals surface area contributed by atoms with Gasteiger partial charge in [-0.2, -0.15) is 0 Å². The molecule has 2 atom stereocenters. The molecule has 0 aliphatic heterocycles. The number of rotatable bonds is 6. The maximum atomic E-state index is 5.49. The Balaban J connectivity index is 3.86. The van der Waals surface area contributed by atoms with Gasteiger partial charge in [-0.1, -0.05) is 13.8 Å². The van der Waals surface area contributed by atoms with Gasteiger partial charge in [-0.3, -0.25) is 0 Å². The molecule has 2 unspecified atom stereocenters. The third kappa shape index (κ3) is 4.63. The molecule has 0 rings (SSSR count). The summed E-state index contributed by atoms with van der Waals surface area (Å²) in [5.41, 5.74) is 5.49. The predicted octanol–water partition coefficient (Wildman–Crippen LogP) is 2.09. The van der Waals surface area contributed by atoms with Gasteiger partial charge in [0, 0.05) is 12.1 Å². The summed E-state index contributed by atoms with van der Waals surface area (Å²) >= 11 is 0. The molecule has 0 aliphatic rings. The molecule has 2 nitrogen and oxygen atoms in total. The van der Waals surface area contributed by atoms with E-state index in [1.807, 2.05) is 0 Å². The van der Waals surface area contributed by atoms with Gasteiger partial charge < -0.3 is 10.6 Å².